The third kappa shape index (κ3) is 1.83. The van der Waals surface area contributed by atoms with Crippen molar-refractivity contribution in [1.82, 2.24) is 4.57 Å². The van der Waals surface area contributed by atoms with Crippen LogP contribution in [0.25, 0.3) is 0 Å². The van der Waals surface area contributed by atoms with Crippen LogP contribution in [0.5, 0.6) is 0 Å². The Labute approximate surface area is 115 Å². The van der Waals surface area contributed by atoms with E-state index in [1.165, 1.54) is 0 Å². The monoisotopic (exact) mass is 303 g/mol. The summed E-state index contributed by atoms with van der Waals surface area (Å²) in [6.07, 6.45) is 1.99. The first-order valence-corrected chi connectivity index (χ1v) is 7.23. The van der Waals surface area contributed by atoms with Crippen LogP contribution in [0.3, 0.4) is 0 Å². The number of hydrogen-bond donors (Lipinski definition) is 0. The van der Waals surface area contributed by atoms with Crippen molar-refractivity contribution in [3.8, 4) is 0 Å². The molecular weight excluding hydrogens is 290 g/mol. The molecular formula is C15H14BrNO. The minimum absolute atomic E-state index is 0.0204. The molecule has 1 aliphatic heterocycles. The SMILES string of the molecule is O=C1c2cccn2CC(CBr)C1c1ccccc1. The van der Waals surface area contributed by atoms with Gasteiger partial charge in [0.1, 0.15) is 0 Å². The molecule has 2 atom stereocenters. The molecule has 2 aromatic rings. The van der Waals surface area contributed by atoms with Crippen LogP contribution in [0.2, 0.25) is 0 Å². The third-order valence-electron chi connectivity index (χ3n) is 3.62. The van der Waals surface area contributed by atoms with Crippen LogP contribution < -0.4 is 0 Å². The van der Waals surface area contributed by atoms with Gasteiger partial charge in [-0.05, 0) is 17.7 Å². The molecule has 0 aliphatic carbocycles. The highest BCUT2D eigenvalue weighted by atomic mass is 79.9. The van der Waals surface area contributed by atoms with Gasteiger partial charge in [0.2, 0.25) is 0 Å². The lowest BCUT2D eigenvalue weighted by molar-refractivity contribution is 0.0893. The molecule has 3 heteroatoms. The molecule has 0 radical (unpaired) electrons. The predicted octanol–water partition coefficient (Wildman–Crippen LogP) is 3.48. The summed E-state index contributed by atoms with van der Waals surface area (Å²) in [7, 11) is 0. The number of alkyl halides is 1. The fourth-order valence-electron chi connectivity index (χ4n) is 2.75. The molecule has 2 heterocycles. The predicted molar refractivity (Wildman–Crippen MR) is 75.2 cm³/mol. The first-order chi connectivity index (χ1) is 8.81. The van der Waals surface area contributed by atoms with Gasteiger partial charge in [-0.15, -0.1) is 0 Å². The molecule has 2 nitrogen and oxygen atoms in total. The fourth-order valence-corrected chi connectivity index (χ4v) is 3.33. The van der Waals surface area contributed by atoms with Crippen molar-refractivity contribution in [2.45, 2.75) is 12.5 Å². The maximum Gasteiger partial charge on any atom is 0.187 e. The average Bonchev–Trinajstić information content (AvgIpc) is 2.88. The first-order valence-electron chi connectivity index (χ1n) is 6.11. The largest absolute Gasteiger partial charge is 0.345 e. The number of hydrogen-bond acceptors (Lipinski definition) is 1. The van der Waals surface area contributed by atoms with E-state index in [1.54, 1.807) is 0 Å². The zero-order chi connectivity index (χ0) is 12.5. The number of benzene rings is 1. The number of carbonyl (C=O) groups excluding carboxylic acids is 1. The van der Waals surface area contributed by atoms with E-state index in [4.69, 9.17) is 0 Å². The Kier molecular flexibility index (Phi) is 3.08. The van der Waals surface area contributed by atoms with Crippen molar-refractivity contribution in [2.75, 3.05) is 5.33 Å². The summed E-state index contributed by atoms with van der Waals surface area (Å²) in [4.78, 5) is 12.6. The molecule has 18 heavy (non-hydrogen) atoms. The molecule has 0 N–H and O–H groups in total. The second-order valence-corrected chi connectivity index (χ2v) is 5.36. The Morgan fingerprint density at radius 3 is 2.67 bits per heavy atom. The molecule has 0 amide bonds. The van der Waals surface area contributed by atoms with Crippen molar-refractivity contribution >= 4 is 21.7 Å². The Morgan fingerprint density at radius 2 is 1.94 bits per heavy atom. The molecule has 1 aliphatic rings. The summed E-state index contributed by atoms with van der Waals surface area (Å²) in [5.41, 5.74) is 1.96. The molecule has 0 saturated carbocycles. The Morgan fingerprint density at radius 1 is 1.17 bits per heavy atom. The van der Waals surface area contributed by atoms with E-state index in [0.29, 0.717) is 5.92 Å². The molecule has 1 aromatic heterocycles. The van der Waals surface area contributed by atoms with Gasteiger partial charge in [-0.1, -0.05) is 46.3 Å². The molecule has 0 fully saturated rings. The first kappa shape index (κ1) is 11.7. The number of aromatic nitrogens is 1. The highest BCUT2D eigenvalue weighted by Crippen LogP contribution is 2.35. The van der Waals surface area contributed by atoms with Gasteiger partial charge < -0.3 is 4.57 Å². The molecule has 2 unspecified atom stereocenters. The van der Waals surface area contributed by atoms with Gasteiger partial charge in [0.15, 0.2) is 5.78 Å². The van der Waals surface area contributed by atoms with Crippen LogP contribution in [-0.2, 0) is 6.54 Å². The number of ketones is 1. The summed E-state index contributed by atoms with van der Waals surface area (Å²) in [6.45, 7) is 0.902. The topological polar surface area (TPSA) is 22.0 Å². The fraction of sp³-hybridized carbons (Fsp3) is 0.267. The minimum Gasteiger partial charge on any atom is -0.345 e. The second kappa shape index (κ2) is 4.73. The van der Waals surface area contributed by atoms with Crippen LogP contribution >= 0.6 is 15.9 Å². The highest BCUT2D eigenvalue weighted by molar-refractivity contribution is 9.09. The maximum absolute atomic E-state index is 12.6. The molecule has 0 spiro atoms. The quantitative estimate of drug-likeness (QED) is 0.779. The van der Waals surface area contributed by atoms with E-state index >= 15 is 0 Å². The van der Waals surface area contributed by atoms with Gasteiger partial charge in [-0.25, -0.2) is 0 Å². The molecule has 3 rings (SSSR count). The van der Waals surface area contributed by atoms with Crippen molar-refractivity contribution in [1.29, 1.82) is 0 Å². The Bertz CT molecular complexity index is 561. The highest BCUT2D eigenvalue weighted by Gasteiger charge is 2.35. The molecule has 0 bridgehead atoms. The lowest BCUT2D eigenvalue weighted by atomic mass is 9.80. The Balaban J connectivity index is 2.06. The zero-order valence-electron chi connectivity index (χ0n) is 9.92. The minimum atomic E-state index is -0.0204. The van der Waals surface area contributed by atoms with Crippen LogP contribution in [-0.4, -0.2) is 15.7 Å². The van der Waals surface area contributed by atoms with Crippen molar-refractivity contribution in [3.63, 3.8) is 0 Å². The van der Waals surface area contributed by atoms with Crippen molar-refractivity contribution < 1.29 is 4.79 Å². The number of halogens is 1. The molecule has 92 valence electrons. The van der Waals surface area contributed by atoms with Crippen molar-refractivity contribution in [3.05, 3.63) is 59.9 Å². The maximum atomic E-state index is 12.6. The summed E-state index contributed by atoms with van der Waals surface area (Å²) < 4.78 is 2.06. The second-order valence-electron chi connectivity index (χ2n) is 4.71. The number of rotatable bonds is 2. The summed E-state index contributed by atoms with van der Waals surface area (Å²) in [6, 6.07) is 14.0. The smallest absolute Gasteiger partial charge is 0.187 e. The van der Waals surface area contributed by atoms with E-state index in [0.717, 1.165) is 23.1 Å². The van der Waals surface area contributed by atoms with Crippen molar-refractivity contribution in [2.24, 2.45) is 5.92 Å². The van der Waals surface area contributed by atoms with E-state index in [9.17, 15) is 4.79 Å². The van der Waals surface area contributed by atoms with Gasteiger partial charge in [0, 0.05) is 24.0 Å². The standard InChI is InChI=1S/C15H14BrNO/c16-9-12-10-17-8-4-7-13(17)15(18)14(12)11-5-2-1-3-6-11/h1-8,12,14H,9-10H2. The number of Topliss-reactive ketones (excluding diaryl/α,β-unsaturated/α-hetero) is 1. The van der Waals surface area contributed by atoms with Crippen LogP contribution in [0, 0.1) is 5.92 Å². The zero-order valence-corrected chi connectivity index (χ0v) is 11.5. The normalized spacial score (nSPS) is 22.8. The van der Waals surface area contributed by atoms with Crippen LogP contribution in [0.1, 0.15) is 22.0 Å². The lowest BCUT2D eigenvalue weighted by Crippen LogP contribution is -2.33. The average molecular weight is 304 g/mol. The van der Waals surface area contributed by atoms with Gasteiger partial charge in [-0.3, -0.25) is 4.79 Å². The van der Waals surface area contributed by atoms with Crippen LogP contribution in [0.4, 0.5) is 0 Å². The number of nitrogens with zero attached hydrogens (tertiary/aromatic N) is 1. The summed E-state index contributed by atoms with van der Waals surface area (Å²) in [5, 5.41) is 0.843. The van der Waals surface area contributed by atoms with Gasteiger partial charge in [0.25, 0.3) is 0 Å². The summed E-state index contributed by atoms with van der Waals surface area (Å²) >= 11 is 3.55. The van der Waals surface area contributed by atoms with Gasteiger partial charge >= 0.3 is 0 Å². The van der Waals surface area contributed by atoms with Gasteiger partial charge in [-0.2, -0.15) is 0 Å². The van der Waals surface area contributed by atoms with E-state index < -0.39 is 0 Å². The lowest BCUT2D eigenvalue weighted by Gasteiger charge is -2.31. The van der Waals surface area contributed by atoms with Crippen LogP contribution in [0.15, 0.2) is 48.7 Å². The van der Waals surface area contributed by atoms with Gasteiger partial charge in [0.05, 0.1) is 11.6 Å². The van der Waals surface area contributed by atoms with E-state index in [1.807, 2.05) is 36.5 Å². The molecule has 1 aromatic carbocycles. The number of carbonyl (C=O) groups is 1. The molecule has 0 saturated heterocycles. The van der Waals surface area contributed by atoms with E-state index in [-0.39, 0.29) is 11.7 Å². The van der Waals surface area contributed by atoms with E-state index in [2.05, 4.69) is 32.6 Å². The Hall–Kier alpha value is -1.35. The number of fused-ring (bicyclic) bond motifs is 1. The summed E-state index contributed by atoms with van der Waals surface area (Å²) in [5.74, 6) is 0.537. The third-order valence-corrected chi connectivity index (χ3v) is 4.46.